The van der Waals surface area contributed by atoms with Crippen LogP contribution in [-0.4, -0.2) is 44.9 Å². The van der Waals surface area contributed by atoms with Gasteiger partial charge in [-0.25, -0.2) is 9.97 Å². The number of benzene rings is 2. The number of hydrogen-bond acceptors (Lipinski definition) is 8. The number of ketones is 1. The smallest absolute Gasteiger partial charge is 0.301 e. The fourth-order valence-electron chi connectivity index (χ4n) is 5.06. The third-order valence-electron chi connectivity index (χ3n) is 7.05. The summed E-state index contributed by atoms with van der Waals surface area (Å²) in [5, 5.41) is 12.0. The first-order valence-corrected chi connectivity index (χ1v) is 13.6. The molecule has 1 aliphatic rings. The highest BCUT2D eigenvalue weighted by molar-refractivity contribution is 7.22. The number of carbonyl (C=O) groups is 2. The number of aliphatic hydroxyl groups is 1. The van der Waals surface area contributed by atoms with E-state index in [1.165, 1.54) is 16.2 Å². The summed E-state index contributed by atoms with van der Waals surface area (Å²) in [4.78, 5) is 38.0. The van der Waals surface area contributed by atoms with Gasteiger partial charge in [0.1, 0.15) is 22.8 Å². The molecule has 1 amide bonds. The molecule has 2 aromatic carbocycles. The Labute approximate surface area is 233 Å². The first kappa shape index (κ1) is 25.6. The van der Waals surface area contributed by atoms with Crippen LogP contribution in [0.25, 0.3) is 21.6 Å². The summed E-state index contributed by atoms with van der Waals surface area (Å²) in [6, 6.07) is 15.5. The Bertz CT molecular complexity index is 1840. The maximum absolute atomic E-state index is 13.7. The molecule has 1 N–H and O–H groups in total. The highest BCUT2D eigenvalue weighted by atomic mass is 32.1. The number of anilines is 1. The number of aromatic nitrogens is 3. The lowest BCUT2D eigenvalue weighted by Crippen LogP contribution is -2.29. The molecule has 40 heavy (non-hydrogen) atoms. The molecule has 4 heterocycles. The van der Waals surface area contributed by atoms with Crippen LogP contribution in [0.2, 0.25) is 0 Å². The van der Waals surface area contributed by atoms with Crippen LogP contribution in [0.4, 0.5) is 5.13 Å². The van der Waals surface area contributed by atoms with Gasteiger partial charge in [-0.2, -0.15) is 0 Å². The molecule has 1 saturated heterocycles. The van der Waals surface area contributed by atoms with Gasteiger partial charge in [0.05, 0.1) is 41.2 Å². The number of pyridine rings is 1. The van der Waals surface area contributed by atoms with E-state index in [9.17, 15) is 14.7 Å². The predicted molar refractivity (Wildman–Crippen MR) is 153 cm³/mol. The zero-order valence-corrected chi connectivity index (χ0v) is 23.2. The van der Waals surface area contributed by atoms with Crippen LogP contribution < -0.4 is 14.4 Å². The van der Waals surface area contributed by atoms with E-state index in [0.717, 1.165) is 10.3 Å². The number of carbonyl (C=O) groups excluding carboxylic acids is 2. The highest BCUT2D eigenvalue weighted by Crippen LogP contribution is 2.45. The molecule has 3 aromatic heterocycles. The Kier molecular flexibility index (Phi) is 6.26. The Morgan fingerprint density at radius 1 is 1.05 bits per heavy atom. The Balaban J connectivity index is 1.56. The second-order valence-corrected chi connectivity index (χ2v) is 10.4. The van der Waals surface area contributed by atoms with Crippen LogP contribution >= 0.6 is 11.3 Å². The van der Waals surface area contributed by atoms with Gasteiger partial charge in [-0.05, 0) is 68.3 Å². The molecule has 1 fully saturated rings. The summed E-state index contributed by atoms with van der Waals surface area (Å²) in [5.41, 5.74) is 3.72. The number of aliphatic hydroxyl groups excluding tert-OH is 1. The largest absolute Gasteiger partial charge is 0.505 e. The second-order valence-electron chi connectivity index (χ2n) is 9.43. The normalized spacial score (nSPS) is 16.8. The highest BCUT2D eigenvalue weighted by Gasteiger charge is 2.48. The summed E-state index contributed by atoms with van der Waals surface area (Å²) in [5.74, 6) is -0.596. The van der Waals surface area contributed by atoms with Crippen LogP contribution in [0.3, 0.4) is 0 Å². The van der Waals surface area contributed by atoms with Crippen LogP contribution in [0.5, 0.6) is 11.5 Å². The lowest BCUT2D eigenvalue weighted by Gasteiger charge is -2.23. The molecule has 0 aliphatic carbocycles. The number of ether oxygens (including phenoxy) is 2. The number of thiazole rings is 1. The van der Waals surface area contributed by atoms with Gasteiger partial charge in [-0.1, -0.05) is 29.5 Å². The number of methoxy groups -OCH3 is 1. The van der Waals surface area contributed by atoms with Gasteiger partial charge >= 0.3 is 5.91 Å². The molecule has 1 unspecified atom stereocenters. The Morgan fingerprint density at radius 2 is 1.80 bits per heavy atom. The van der Waals surface area contributed by atoms with Crippen LogP contribution in [0.1, 0.15) is 35.5 Å². The third-order valence-corrected chi connectivity index (χ3v) is 8.07. The molecule has 202 valence electrons. The van der Waals surface area contributed by atoms with Crippen LogP contribution in [-0.2, 0) is 9.59 Å². The average Bonchev–Trinajstić information content (AvgIpc) is 3.61. The number of hydrogen-bond donors (Lipinski definition) is 1. The van der Waals surface area contributed by atoms with Crippen molar-refractivity contribution in [3.8, 4) is 11.5 Å². The second kappa shape index (κ2) is 9.80. The lowest BCUT2D eigenvalue weighted by atomic mass is 9.96. The summed E-state index contributed by atoms with van der Waals surface area (Å²) < 4.78 is 13.6. The summed E-state index contributed by atoms with van der Waals surface area (Å²) >= 11 is 1.27. The molecule has 9 nitrogen and oxygen atoms in total. The molecule has 0 saturated carbocycles. The van der Waals surface area contributed by atoms with E-state index < -0.39 is 17.7 Å². The fraction of sp³-hybridized carbons (Fsp3) is 0.200. The maximum atomic E-state index is 13.7. The molecule has 1 atom stereocenters. The van der Waals surface area contributed by atoms with Crippen molar-refractivity contribution in [3.05, 3.63) is 88.9 Å². The van der Waals surface area contributed by atoms with E-state index in [0.29, 0.717) is 45.7 Å². The van der Waals surface area contributed by atoms with E-state index in [1.807, 2.05) is 49.6 Å². The number of amides is 1. The van der Waals surface area contributed by atoms with Crippen molar-refractivity contribution in [2.24, 2.45) is 0 Å². The third kappa shape index (κ3) is 3.99. The van der Waals surface area contributed by atoms with Crippen molar-refractivity contribution in [2.45, 2.75) is 26.8 Å². The van der Waals surface area contributed by atoms with Crippen LogP contribution in [0, 0.1) is 13.8 Å². The van der Waals surface area contributed by atoms with Gasteiger partial charge < -0.3 is 19.0 Å². The number of imidazole rings is 1. The molecule has 1 aliphatic heterocycles. The van der Waals surface area contributed by atoms with E-state index in [1.54, 1.807) is 43.5 Å². The zero-order chi connectivity index (χ0) is 28.1. The van der Waals surface area contributed by atoms with Gasteiger partial charge in [0.15, 0.2) is 10.9 Å². The number of nitrogens with zero attached hydrogens (tertiary/aromatic N) is 4. The topological polar surface area (TPSA) is 106 Å². The van der Waals surface area contributed by atoms with Crippen LogP contribution in [0.15, 0.2) is 66.4 Å². The average molecular weight is 555 g/mol. The number of fused-ring (bicyclic) bond motifs is 2. The molecule has 10 heteroatoms. The summed E-state index contributed by atoms with van der Waals surface area (Å²) in [6.07, 6.45) is 1.85. The van der Waals surface area contributed by atoms with Crippen molar-refractivity contribution in [2.75, 3.05) is 18.6 Å². The Hall–Kier alpha value is -4.70. The SMILES string of the molecule is CCOc1ccc(C2/C(=C(\O)c3nc4c(C)cccn4c3C)C(=O)C(=O)N2c2nc3ccc(OC)cc3s2)cc1. The zero-order valence-electron chi connectivity index (χ0n) is 22.3. The molecule has 0 bridgehead atoms. The molecular weight excluding hydrogens is 528 g/mol. The lowest BCUT2D eigenvalue weighted by molar-refractivity contribution is -0.132. The molecule has 6 rings (SSSR count). The van der Waals surface area contributed by atoms with E-state index in [-0.39, 0.29) is 17.0 Å². The predicted octanol–water partition coefficient (Wildman–Crippen LogP) is 5.59. The molecule has 5 aromatic rings. The van der Waals surface area contributed by atoms with Crippen molar-refractivity contribution in [3.63, 3.8) is 0 Å². The first-order chi connectivity index (χ1) is 19.3. The molecule has 0 radical (unpaired) electrons. The van der Waals surface area contributed by atoms with Crippen molar-refractivity contribution >= 4 is 49.8 Å². The number of aryl methyl sites for hydroxylation is 2. The minimum absolute atomic E-state index is 0.0462. The monoisotopic (exact) mass is 554 g/mol. The van der Waals surface area contributed by atoms with Gasteiger partial charge in [-0.3, -0.25) is 14.5 Å². The summed E-state index contributed by atoms with van der Waals surface area (Å²) in [6.45, 7) is 6.13. The van der Waals surface area contributed by atoms with E-state index >= 15 is 0 Å². The minimum atomic E-state index is -0.927. The number of rotatable bonds is 6. The van der Waals surface area contributed by atoms with Gasteiger partial charge in [0, 0.05) is 6.20 Å². The molecule has 0 spiro atoms. The number of Topliss-reactive ketones (excluding diaryl/α,β-unsaturated/α-hetero) is 1. The quantitative estimate of drug-likeness (QED) is 0.166. The Morgan fingerprint density at radius 3 is 2.50 bits per heavy atom. The van der Waals surface area contributed by atoms with Crippen molar-refractivity contribution in [1.82, 2.24) is 14.4 Å². The standard InChI is InChI=1S/C30H26N4O5S/c1-5-39-19-10-8-18(9-11-19)25-23(26(35)24-17(3)33-14-6-7-16(2)28(33)32-24)27(36)29(37)34(25)30-31-21-13-12-20(38-4)15-22(21)40-30/h6-15,25,35H,5H2,1-4H3/b26-23+. The minimum Gasteiger partial charge on any atom is -0.505 e. The van der Waals surface area contributed by atoms with Crippen molar-refractivity contribution < 1.29 is 24.2 Å². The van der Waals surface area contributed by atoms with Gasteiger partial charge in [0.25, 0.3) is 5.78 Å². The van der Waals surface area contributed by atoms with Gasteiger partial charge in [0.2, 0.25) is 0 Å². The summed E-state index contributed by atoms with van der Waals surface area (Å²) in [7, 11) is 1.58. The molecular formula is C30H26N4O5S. The van der Waals surface area contributed by atoms with Crippen molar-refractivity contribution in [1.29, 1.82) is 0 Å². The first-order valence-electron chi connectivity index (χ1n) is 12.7. The van der Waals surface area contributed by atoms with E-state index in [2.05, 4.69) is 9.97 Å². The maximum Gasteiger partial charge on any atom is 0.301 e. The fourth-order valence-corrected chi connectivity index (χ4v) is 6.08. The van der Waals surface area contributed by atoms with E-state index in [4.69, 9.17) is 9.47 Å². The van der Waals surface area contributed by atoms with Gasteiger partial charge in [-0.15, -0.1) is 0 Å².